The summed E-state index contributed by atoms with van der Waals surface area (Å²) in [5, 5.41) is 4.10. The van der Waals surface area contributed by atoms with Gasteiger partial charge in [0.15, 0.2) is 5.82 Å². The van der Waals surface area contributed by atoms with E-state index in [0.717, 1.165) is 38.0 Å². The van der Waals surface area contributed by atoms with E-state index in [4.69, 9.17) is 10.3 Å². The van der Waals surface area contributed by atoms with Crippen LogP contribution in [0.4, 0.5) is 0 Å². The van der Waals surface area contributed by atoms with Crippen molar-refractivity contribution in [2.75, 3.05) is 0 Å². The number of hydrogen-bond acceptors (Lipinski definition) is 4. The molecule has 2 N–H and O–H groups in total. The van der Waals surface area contributed by atoms with Gasteiger partial charge in [0.05, 0.1) is 5.54 Å². The van der Waals surface area contributed by atoms with Crippen molar-refractivity contribution in [2.24, 2.45) is 17.1 Å². The van der Waals surface area contributed by atoms with E-state index in [1.807, 2.05) is 6.92 Å². The van der Waals surface area contributed by atoms with Crippen molar-refractivity contribution < 1.29 is 4.52 Å². The van der Waals surface area contributed by atoms with Gasteiger partial charge in [-0.1, -0.05) is 39.3 Å². The van der Waals surface area contributed by atoms with E-state index in [1.54, 1.807) is 0 Å². The van der Waals surface area contributed by atoms with Crippen molar-refractivity contribution in [3.05, 3.63) is 11.7 Å². The van der Waals surface area contributed by atoms with E-state index >= 15 is 0 Å². The van der Waals surface area contributed by atoms with Crippen LogP contribution in [0.15, 0.2) is 4.52 Å². The molecule has 1 saturated carbocycles. The third kappa shape index (κ3) is 3.16. The van der Waals surface area contributed by atoms with E-state index < -0.39 is 5.54 Å². The van der Waals surface area contributed by atoms with Gasteiger partial charge in [-0.15, -0.1) is 0 Å². The van der Waals surface area contributed by atoms with Crippen LogP contribution >= 0.6 is 0 Å². The average molecular weight is 265 g/mol. The van der Waals surface area contributed by atoms with E-state index in [-0.39, 0.29) is 0 Å². The van der Waals surface area contributed by atoms with E-state index in [0.29, 0.717) is 17.1 Å². The summed E-state index contributed by atoms with van der Waals surface area (Å²) in [6, 6.07) is 0. The maximum Gasteiger partial charge on any atom is 0.226 e. The quantitative estimate of drug-likeness (QED) is 0.832. The molecule has 0 amide bonds. The van der Waals surface area contributed by atoms with Crippen LogP contribution in [-0.2, 0) is 12.0 Å². The van der Waals surface area contributed by atoms with Gasteiger partial charge in [0.1, 0.15) is 0 Å². The zero-order valence-electron chi connectivity index (χ0n) is 12.7. The van der Waals surface area contributed by atoms with Gasteiger partial charge in [-0.2, -0.15) is 4.98 Å². The second-order valence-corrected chi connectivity index (χ2v) is 7.02. The Morgan fingerprint density at radius 1 is 1.32 bits per heavy atom. The Bertz CT molecular complexity index is 421. The molecular formula is C15H27N3O. The summed E-state index contributed by atoms with van der Waals surface area (Å²) in [6.45, 7) is 8.99. The predicted molar refractivity (Wildman–Crippen MR) is 75.6 cm³/mol. The second kappa shape index (κ2) is 5.23. The number of nitrogens with zero attached hydrogens (tertiary/aromatic N) is 2. The second-order valence-electron chi connectivity index (χ2n) is 7.02. The smallest absolute Gasteiger partial charge is 0.226 e. The zero-order valence-corrected chi connectivity index (χ0v) is 12.7. The Morgan fingerprint density at radius 2 is 2.05 bits per heavy atom. The molecule has 1 aliphatic rings. The molecule has 0 aromatic carbocycles. The first kappa shape index (κ1) is 14.5. The largest absolute Gasteiger partial charge is 0.339 e. The summed E-state index contributed by atoms with van der Waals surface area (Å²) in [5.74, 6) is 2.13. The SMILES string of the molecule is CCc1nc(C2(N)CCCC(C(C)(C)C)CC2)no1. The number of nitrogens with two attached hydrogens (primary N) is 1. The molecule has 2 rings (SSSR count). The van der Waals surface area contributed by atoms with Crippen LogP contribution in [0.5, 0.6) is 0 Å². The van der Waals surface area contributed by atoms with E-state index in [2.05, 4.69) is 30.9 Å². The molecule has 0 saturated heterocycles. The van der Waals surface area contributed by atoms with Gasteiger partial charge in [-0.3, -0.25) is 0 Å². The van der Waals surface area contributed by atoms with Crippen molar-refractivity contribution in [1.29, 1.82) is 0 Å². The molecular weight excluding hydrogens is 238 g/mol. The minimum atomic E-state index is -0.392. The summed E-state index contributed by atoms with van der Waals surface area (Å²) in [5.41, 5.74) is 6.54. The maximum atomic E-state index is 6.57. The minimum Gasteiger partial charge on any atom is -0.339 e. The molecule has 0 bridgehead atoms. The van der Waals surface area contributed by atoms with E-state index in [9.17, 15) is 0 Å². The molecule has 0 radical (unpaired) electrons. The van der Waals surface area contributed by atoms with Crippen molar-refractivity contribution in [3.8, 4) is 0 Å². The first-order chi connectivity index (χ1) is 8.85. The number of hydrogen-bond donors (Lipinski definition) is 1. The summed E-state index contributed by atoms with van der Waals surface area (Å²) >= 11 is 0. The third-order valence-corrected chi connectivity index (χ3v) is 4.56. The van der Waals surface area contributed by atoms with Crippen LogP contribution < -0.4 is 5.73 Å². The number of aromatic nitrogens is 2. The first-order valence-corrected chi connectivity index (χ1v) is 7.47. The molecule has 4 nitrogen and oxygen atoms in total. The Balaban J connectivity index is 2.12. The topological polar surface area (TPSA) is 64.9 Å². The van der Waals surface area contributed by atoms with Crippen LogP contribution in [-0.4, -0.2) is 10.1 Å². The Hall–Kier alpha value is -0.900. The van der Waals surface area contributed by atoms with Crippen LogP contribution in [0.25, 0.3) is 0 Å². The average Bonchev–Trinajstić information content (AvgIpc) is 2.72. The van der Waals surface area contributed by atoms with Gasteiger partial charge in [0.25, 0.3) is 0 Å². The molecule has 0 aliphatic heterocycles. The molecule has 1 aliphatic carbocycles. The molecule has 4 heteroatoms. The molecule has 0 spiro atoms. The lowest BCUT2D eigenvalue weighted by Crippen LogP contribution is -2.37. The van der Waals surface area contributed by atoms with Crippen molar-refractivity contribution in [2.45, 2.75) is 71.8 Å². The summed E-state index contributed by atoms with van der Waals surface area (Å²) in [4.78, 5) is 4.45. The fourth-order valence-electron chi connectivity index (χ4n) is 3.06. The monoisotopic (exact) mass is 265 g/mol. The van der Waals surface area contributed by atoms with Gasteiger partial charge >= 0.3 is 0 Å². The highest BCUT2D eigenvalue weighted by Gasteiger charge is 2.37. The number of rotatable bonds is 2. The fraction of sp³-hybridized carbons (Fsp3) is 0.867. The Labute approximate surface area is 116 Å². The molecule has 108 valence electrons. The van der Waals surface area contributed by atoms with Crippen LogP contribution in [0.1, 0.15) is 71.5 Å². The molecule has 1 aromatic rings. The molecule has 2 unspecified atom stereocenters. The molecule has 1 aromatic heterocycles. The first-order valence-electron chi connectivity index (χ1n) is 7.47. The van der Waals surface area contributed by atoms with E-state index in [1.165, 1.54) is 6.42 Å². The Kier molecular flexibility index (Phi) is 4.00. The fourth-order valence-corrected chi connectivity index (χ4v) is 3.06. The third-order valence-electron chi connectivity index (χ3n) is 4.56. The molecule has 19 heavy (non-hydrogen) atoms. The zero-order chi connectivity index (χ0) is 14.1. The van der Waals surface area contributed by atoms with Gasteiger partial charge in [-0.25, -0.2) is 0 Å². The summed E-state index contributed by atoms with van der Waals surface area (Å²) in [6.07, 6.45) is 6.24. The van der Waals surface area contributed by atoms with Gasteiger partial charge in [-0.05, 0) is 37.0 Å². The molecule has 2 atom stereocenters. The molecule has 1 heterocycles. The minimum absolute atomic E-state index is 0.358. The van der Waals surface area contributed by atoms with Gasteiger partial charge < -0.3 is 10.3 Å². The Morgan fingerprint density at radius 3 is 2.63 bits per heavy atom. The normalized spacial score (nSPS) is 29.2. The lowest BCUT2D eigenvalue weighted by Gasteiger charge is -2.30. The lowest BCUT2D eigenvalue weighted by molar-refractivity contribution is 0.209. The summed E-state index contributed by atoms with van der Waals surface area (Å²) in [7, 11) is 0. The summed E-state index contributed by atoms with van der Waals surface area (Å²) < 4.78 is 5.23. The van der Waals surface area contributed by atoms with Gasteiger partial charge in [0.2, 0.25) is 5.89 Å². The highest BCUT2D eigenvalue weighted by atomic mass is 16.5. The van der Waals surface area contributed by atoms with Crippen molar-refractivity contribution in [1.82, 2.24) is 10.1 Å². The standard InChI is InChI=1S/C15H27N3O/c1-5-12-17-13(18-19-12)15(16)9-6-7-11(8-10-15)14(2,3)4/h11H,5-10,16H2,1-4H3. The molecule has 1 fully saturated rings. The van der Waals surface area contributed by atoms with Crippen LogP contribution in [0.3, 0.4) is 0 Å². The van der Waals surface area contributed by atoms with Crippen LogP contribution in [0, 0.1) is 11.3 Å². The van der Waals surface area contributed by atoms with Crippen molar-refractivity contribution in [3.63, 3.8) is 0 Å². The predicted octanol–water partition coefficient (Wildman–Crippen LogP) is 3.41. The van der Waals surface area contributed by atoms with Crippen LogP contribution in [0.2, 0.25) is 0 Å². The number of aryl methyl sites for hydroxylation is 1. The van der Waals surface area contributed by atoms with Crippen molar-refractivity contribution >= 4 is 0 Å². The highest BCUT2D eigenvalue weighted by molar-refractivity contribution is 5.05. The maximum absolute atomic E-state index is 6.57. The lowest BCUT2D eigenvalue weighted by atomic mass is 9.76. The highest BCUT2D eigenvalue weighted by Crippen LogP contribution is 2.41. The van der Waals surface area contributed by atoms with Gasteiger partial charge in [0, 0.05) is 6.42 Å².